The molecule has 4 rings (SSSR count). The minimum absolute atomic E-state index is 0.193. The molecule has 1 aromatic heterocycles. The molecule has 4 N–H and O–H groups in total. The molecule has 0 bridgehead atoms. The van der Waals surface area contributed by atoms with Crippen molar-refractivity contribution in [1.29, 1.82) is 0 Å². The molecule has 3 aromatic rings. The molecule has 0 aliphatic carbocycles. The van der Waals surface area contributed by atoms with Crippen LogP contribution in [0.15, 0.2) is 66.9 Å². The summed E-state index contributed by atoms with van der Waals surface area (Å²) in [7, 11) is 0. The second-order valence-electron chi connectivity index (χ2n) is 6.53. The van der Waals surface area contributed by atoms with Crippen molar-refractivity contribution >= 4 is 22.4 Å². The molecule has 0 saturated carbocycles. The van der Waals surface area contributed by atoms with Crippen molar-refractivity contribution in [3.63, 3.8) is 0 Å². The summed E-state index contributed by atoms with van der Waals surface area (Å²) in [5.74, 6) is -0.910. The van der Waals surface area contributed by atoms with Crippen molar-refractivity contribution in [3.05, 3.63) is 78.0 Å². The van der Waals surface area contributed by atoms with E-state index in [1.807, 2.05) is 54.1 Å². The normalized spacial score (nSPS) is 18.3. The van der Waals surface area contributed by atoms with Crippen molar-refractivity contribution in [1.82, 2.24) is 15.8 Å². The summed E-state index contributed by atoms with van der Waals surface area (Å²) in [6.07, 6.45) is 5.04. The number of carbonyl (C=O) groups is 1. The molecule has 26 heavy (non-hydrogen) atoms. The van der Waals surface area contributed by atoms with Gasteiger partial charge in [0.25, 0.3) is 5.91 Å². The van der Waals surface area contributed by atoms with Crippen LogP contribution in [-0.4, -0.2) is 28.7 Å². The molecule has 2 aromatic carbocycles. The minimum atomic E-state index is -0.498. The first-order chi connectivity index (χ1) is 12.8. The number of nitrogens with one attached hydrogen (secondary N) is 3. The second kappa shape index (κ2) is 7.15. The lowest BCUT2D eigenvalue weighted by atomic mass is 9.86. The zero-order valence-corrected chi connectivity index (χ0v) is 14.3. The summed E-state index contributed by atoms with van der Waals surface area (Å²) < 4.78 is 0. The molecule has 5 nitrogen and oxygen atoms in total. The van der Waals surface area contributed by atoms with Gasteiger partial charge in [0, 0.05) is 28.7 Å². The van der Waals surface area contributed by atoms with Crippen LogP contribution in [0.4, 0.5) is 0 Å². The number of carbonyl (C=O) groups excluding carboxylic acids is 1. The fourth-order valence-corrected chi connectivity index (χ4v) is 3.76. The Morgan fingerprint density at radius 3 is 2.69 bits per heavy atom. The number of hydrogen-bond donors (Lipinski definition) is 4. The fourth-order valence-electron chi connectivity index (χ4n) is 3.76. The van der Waals surface area contributed by atoms with Crippen LogP contribution in [0, 0.1) is 0 Å². The van der Waals surface area contributed by atoms with Gasteiger partial charge >= 0.3 is 0 Å². The van der Waals surface area contributed by atoms with Crippen LogP contribution in [0.3, 0.4) is 0 Å². The third-order valence-corrected chi connectivity index (χ3v) is 5.00. The zero-order chi connectivity index (χ0) is 17.9. The molecule has 1 aliphatic rings. The number of benzene rings is 2. The molecule has 2 atom stereocenters. The number of rotatable bonds is 4. The van der Waals surface area contributed by atoms with Crippen LogP contribution in [0.1, 0.15) is 23.5 Å². The van der Waals surface area contributed by atoms with Crippen LogP contribution < -0.4 is 10.8 Å². The van der Waals surface area contributed by atoms with Gasteiger partial charge < -0.3 is 10.3 Å². The SMILES string of the molecule is O=C(NO)C(c1ccccc1)C1C=C(c2c[nH]c3ccccc23)CCN1. The highest BCUT2D eigenvalue weighted by molar-refractivity contribution is 5.93. The van der Waals surface area contributed by atoms with Gasteiger partial charge in [0.2, 0.25) is 0 Å². The number of aromatic nitrogens is 1. The van der Waals surface area contributed by atoms with E-state index in [-0.39, 0.29) is 6.04 Å². The maximum absolute atomic E-state index is 12.4. The lowest BCUT2D eigenvalue weighted by molar-refractivity contribution is -0.131. The average molecular weight is 347 g/mol. The molecule has 132 valence electrons. The Morgan fingerprint density at radius 1 is 1.12 bits per heavy atom. The second-order valence-corrected chi connectivity index (χ2v) is 6.53. The summed E-state index contributed by atoms with van der Waals surface area (Å²) in [4.78, 5) is 15.7. The summed E-state index contributed by atoms with van der Waals surface area (Å²) >= 11 is 0. The molecule has 0 saturated heterocycles. The summed E-state index contributed by atoms with van der Waals surface area (Å²) in [5, 5.41) is 13.8. The van der Waals surface area contributed by atoms with E-state index in [0.717, 1.165) is 24.0 Å². The molecule has 0 spiro atoms. The van der Waals surface area contributed by atoms with Crippen molar-refractivity contribution < 1.29 is 10.0 Å². The number of aromatic amines is 1. The van der Waals surface area contributed by atoms with Gasteiger partial charge in [0.05, 0.1) is 5.92 Å². The highest BCUT2D eigenvalue weighted by atomic mass is 16.5. The van der Waals surface area contributed by atoms with Crippen molar-refractivity contribution in [2.24, 2.45) is 0 Å². The molecule has 0 fully saturated rings. The lowest BCUT2D eigenvalue weighted by Gasteiger charge is -2.29. The Balaban J connectivity index is 1.74. The number of hydrogen-bond acceptors (Lipinski definition) is 3. The molecular weight excluding hydrogens is 326 g/mol. The standard InChI is InChI=1S/C21H21N3O2/c25-21(24-26)20(14-6-2-1-3-7-14)19-12-15(10-11-22-19)17-13-23-18-9-5-4-8-16(17)18/h1-9,12-13,19-20,22-23,26H,10-11H2,(H,24,25). The third kappa shape index (κ3) is 3.03. The van der Waals surface area contributed by atoms with E-state index >= 15 is 0 Å². The van der Waals surface area contributed by atoms with Gasteiger partial charge in [-0.1, -0.05) is 54.6 Å². The molecule has 1 amide bonds. The van der Waals surface area contributed by atoms with Crippen molar-refractivity contribution in [2.75, 3.05) is 6.54 Å². The van der Waals surface area contributed by atoms with Gasteiger partial charge in [0.1, 0.15) is 0 Å². The first-order valence-corrected chi connectivity index (χ1v) is 8.77. The van der Waals surface area contributed by atoms with Gasteiger partial charge in [-0.3, -0.25) is 10.0 Å². The van der Waals surface area contributed by atoms with Crippen LogP contribution in [0.2, 0.25) is 0 Å². The van der Waals surface area contributed by atoms with E-state index in [0.29, 0.717) is 0 Å². The summed E-state index contributed by atoms with van der Waals surface area (Å²) in [6.45, 7) is 0.776. The van der Waals surface area contributed by atoms with Gasteiger partial charge in [-0.05, 0) is 30.2 Å². The maximum atomic E-state index is 12.4. The zero-order valence-electron chi connectivity index (χ0n) is 14.3. The van der Waals surface area contributed by atoms with E-state index < -0.39 is 11.8 Å². The summed E-state index contributed by atoms with van der Waals surface area (Å²) in [5.41, 5.74) is 6.17. The van der Waals surface area contributed by atoms with E-state index in [1.54, 1.807) is 0 Å². The largest absolute Gasteiger partial charge is 0.361 e. The molecule has 0 radical (unpaired) electrons. The first kappa shape index (κ1) is 16.6. The Labute approximate surface area is 151 Å². The molecule has 5 heteroatoms. The molecule has 2 heterocycles. The number of fused-ring (bicyclic) bond motifs is 1. The fraction of sp³-hybridized carbons (Fsp3) is 0.190. The van der Waals surface area contributed by atoms with Gasteiger partial charge in [-0.2, -0.15) is 0 Å². The smallest absolute Gasteiger partial charge is 0.252 e. The highest BCUT2D eigenvalue weighted by Crippen LogP contribution is 2.32. The summed E-state index contributed by atoms with van der Waals surface area (Å²) in [6, 6.07) is 17.6. The van der Waals surface area contributed by atoms with E-state index in [1.165, 1.54) is 16.5 Å². The van der Waals surface area contributed by atoms with Crippen LogP contribution >= 0.6 is 0 Å². The quantitative estimate of drug-likeness (QED) is 0.432. The van der Waals surface area contributed by atoms with Crippen LogP contribution in [0.25, 0.3) is 16.5 Å². The Kier molecular flexibility index (Phi) is 4.56. The number of H-pyrrole nitrogens is 1. The van der Waals surface area contributed by atoms with Crippen molar-refractivity contribution in [3.8, 4) is 0 Å². The number of hydroxylamine groups is 1. The third-order valence-electron chi connectivity index (χ3n) is 5.00. The highest BCUT2D eigenvalue weighted by Gasteiger charge is 2.30. The Morgan fingerprint density at radius 2 is 1.88 bits per heavy atom. The van der Waals surface area contributed by atoms with E-state index in [9.17, 15) is 10.0 Å². The molecular formula is C21H21N3O2. The number of amides is 1. The van der Waals surface area contributed by atoms with E-state index in [4.69, 9.17) is 0 Å². The van der Waals surface area contributed by atoms with Crippen molar-refractivity contribution in [2.45, 2.75) is 18.4 Å². The van der Waals surface area contributed by atoms with Gasteiger partial charge in [-0.25, -0.2) is 5.48 Å². The van der Waals surface area contributed by atoms with Crippen LogP contribution in [0.5, 0.6) is 0 Å². The van der Waals surface area contributed by atoms with E-state index in [2.05, 4.69) is 28.5 Å². The maximum Gasteiger partial charge on any atom is 0.252 e. The predicted molar refractivity (Wildman–Crippen MR) is 102 cm³/mol. The van der Waals surface area contributed by atoms with Gasteiger partial charge in [-0.15, -0.1) is 0 Å². The first-order valence-electron chi connectivity index (χ1n) is 8.77. The average Bonchev–Trinajstić information content (AvgIpc) is 3.13. The molecule has 1 aliphatic heterocycles. The number of para-hydroxylation sites is 1. The minimum Gasteiger partial charge on any atom is -0.361 e. The monoisotopic (exact) mass is 347 g/mol. The Hall–Kier alpha value is -2.89. The van der Waals surface area contributed by atoms with Gasteiger partial charge in [0.15, 0.2) is 0 Å². The predicted octanol–water partition coefficient (Wildman–Crippen LogP) is 3.20. The molecule has 2 unspecified atom stereocenters. The topological polar surface area (TPSA) is 77.2 Å². The van der Waals surface area contributed by atoms with Crippen LogP contribution in [-0.2, 0) is 4.79 Å². The lowest BCUT2D eigenvalue weighted by Crippen LogP contribution is -2.43. The Bertz CT molecular complexity index is 946.